The van der Waals surface area contributed by atoms with Crippen molar-refractivity contribution in [2.24, 2.45) is 5.92 Å². The molecule has 1 amide bonds. The van der Waals surface area contributed by atoms with Crippen LogP contribution in [0.4, 0.5) is 0 Å². The summed E-state index contributed by atoms with van der Waals surface area (Å²) in [4.78, 5) is 14.9. The van der Waals surface area contributed by atoms with Crippen molar-refractivity contribution in [2.75, 3.05) is 25.5 Å². The van der Waals surface area contributed by atoms with Crippen LogP contribution in [0.2, 0.25) is 0 Å². The molecule has 1 aliphatic heterocycles. The first-order valence-electron chi connectivity index (χ1n) is 5.73. The predicted octanol–water partition coefficient (Wildman–Crippen LogP) is 3.00. The normalized spacial score (nSPS) is 17.2. The molecule has 1 saturated heterocycles. The number of hydrogen-bond acceptors (Lipinski definition) is 3. The van der Waals surface area contributed by atoms with Crippen LogP contribution in [0.1, 0.15) is 22.5 Å². The number of thiophene rings is 1. The molecule has 1 fully saturated rings. The van der Waals surface area contributed by atoms with Gasteiger partial charge in [0.05, 0.1) is 7.11 Å². The lowest BCUT2D eigenvalue weighted by molar-refractivity contribution is 0.0701. The van der Waals surface area contributed by atoms with E-state index in [0.717, 1.165) is 36.1 Å². The van der Waals surface area contributed by atoms with E-state index in [4.69, 9.17) is 4.74 Å². The van der Waals surface area contributed by atoms with Crippen LogP contribution in [0.15, 0.2) is 11.4 Å². The summed E-state index contributed by atoms with van der Waals surface area (Å²) in [5.74, 6) is 1.52. The fraction of sp³-hybridized carbons (Fsp3) is 0.583. The second-order valence-electron chi connectivity index (χ2n) is 4.21. The van der Waals surface area contributed by atoms with Gasteiger partial charge in [0.1, 0.15) is 10.6 Å². The van der Waals surface area contributed by atoms with Crippen LogP contribution in [0.5, 0.6) is 5.75 Å². The summed E-state index contributed by atoms with van der Waals surface area (Å²) in [6, 6.07) is 1.85. The number of alkyl halides is 1. The molecule has 3 nitrogen and oxygen atoms in total. The van der Waals surface area contributed by atoms with E-state index in [9.17, 15) is 4.79 Å². The fourth-order valence-corrected chi connectivity index (χ4v) is 3.52. The molecular formula is C12H16BrNO2S. The van der Waals surface area contributed by atoms with Crippen molar-refractivity contribution in [3.63, 3.8) is 0 Å². The molecule has 0 radical (unpaired) electrons. The third-order valence-corrected chi connectivity index (χ3v) is 4.96. The van der Waals surface area contributed by atoms with Gasteiger partial charge in [-0.05, 0) is 30.2 Å². The first kappa shape index (κ1) is 12.9. The second kappa shape index (κ2) is 5.87. The maximum absolute atomic E-state index is 12.3. The SMILES string of the molecule is COc1ccsc1C(=O)N1CCC(CBr)CC1. The molecule has 0 saturated carbocycles. The van der Waals surface area contributed by atoms with Gasteiger partial charge < -0.3 is 9.64 Å². The smallest absolute Gasteiger partial charge is 0.267 e. The second-order valence-corrected chi connectivity index (χ2v) is 5.77. The molecule has 0 aromatic carbocycles. The number of carbonyl (C=O) groups excluding carboxylic acids is 1. The highest BCUT2D eigenvalue weighted by atomic mass is 79.9. The molecule has 1 aliphatic rings. The molecule has 0 atom stereocenters. The van der Waals surface area contributed by atoms with E-state index in [-0.39, 0.29) is 5.91 Å². The molecule has 5 heteroatoms. The molecule has 1 aromatic heterocycles. The lowest BCUT2D eigenvalue weighted by atomic mass is 9.99. The number of carbonyl (C=O) groups is 1. The minimum absolute atomic E-state index is 0.116. The molecule has 1 aromatic rings. The van der Waals surface area contributed by atoms with Gasteiger partial charge in [0, 0.05) is 18.4 Å². The third kappa shape index (κ3) is 2.83. The van der Waals surface area contributed by atoms with Crippen molar-refractivity contribution in [2.45, 2.75) is 12.8 Å². The lowest BCUT2D eigenvalue weighted by Gasteiger charge is -2.31. The average Bonchev–Trinajstić information content (AvgIpc) is 2.86. The van der Waals surface area contributed by atoms with Crippen LogP contribution in [0.3, 0.4) is 0 Å². The van der Waals surface area contributed by atoms with Crippen LogP contribution >= 0.6 is 27.3 Å². The van der Waals surface area contributed by atoms with Crippen LogP contribution in [-0.4, -0.2) is 36.3 Å². The maximum atomic E-state index is 12.3. The number of halogens is 1. The Morgan fingerprint density at radius 2 is 2.29 bits per heavy atom. The number of rotatable bonds is 3. The third-order valence-electron chi connectivity index (χ3n) is 3.16. The van der Waals surface area contributed by atoms with Crippen LogP contribution < -0.4 is 4.74 Å². The number of likely N-dealkylation sites (tertiary alicyclic amines) is 1. The number of nitrogens with zero attached hydrogens (tertiary/aromatic N) is 1. The van der Waals surface area contributed by atoms with Crippen molar-refractivity contribution in [1.29, 1.82) is 0 Å². The molecule has 2 rings (SSSR count). The first-order valence-corrected chi connectivity index (χ1v) is 7.73. The minimum atomic E-state index is 0.116. The van der Waals surface area contributed by atoms with Gasteiger partial charge in [-0.1, -0.05) is 15.9 Å². The zero-order chi connectivity index (χ0) is 12.3. The van der Waals surface area contributed by atoms with Gasteiger partial charge in [-0.15, -0.1) is 11.3 Å². The Hall–Kier alpha value is -0.550. The molecule has 2 heterocycles. The van der Waals surface area contributed by atoms with Gasteiger partial charge in [-0.25, -0.2) is 0 Å². The maximum Gasteiger partial charge on any atom is 0.267 e. The number of ether oxygens (including phenoxy) is 1. The van der Waals surface area contributed by atoms with E-state index in [0.29, 0.717) is 11.7 Å². The summed E-state index contributed by atoms with van der Waals surface area (Å²) in [5.41, 5.74) is 0. The van der Waals surface area contributed by atoms with E-state index in [1.54, 1.807) is 7.11 Å². The Balaban J connectivity index is 2.02. The molecular weight excluding hydrogens is 302 g/mol. The van der Waals surface area contributed by atoms with E-state index in [1.807, 2.05) is 16.3 Å². The Kier molecular flexibility index (Phi) is 4.45. The Morgan fingerprint density at radius 3 is 2.88 bits per heavy atom. The highest BCUT2D eigenvalue weighted by Gasteiger charge is 2.25. The van der Waals surface area contributed by atoms with Crippen LogP contribution in [0, 0.1) is 5.92 Å². The number of amides is 1. The van der Waals surface area contributed by atoms with E-state index in [1.165, 1.54) is 11.3 Å². The standard InChI is InChI=1S/C12H16BrNO2S/c1-16-10-4-7-17-11(10)12(15)14-5-2-9(8-13)3-6-14/h4,7,9H,2-3,5-6,8H2,1H3. The van der Waals surface area contributed by atoms with Crippen molar-refractivity contribution < 1.29 is 9.53 Å². The fourth-order valence-electron chi connectivity index (χ4n) is 2.05. The Bertz CT molecular complexity index is 386. The summed E-state index contributed by atoms with van der Waals surface area (Å²) in [5, 5.41) is 2.94. The summed E-state index contributed by atoms with van der Waals surface area (Å²) >= 11 is 4.96. The van der Waals surface area contributed by atoms with Gasteiger partial charge in [-0.2, -0.15) is 0 Å². The van der Waals surface area contributed by atoms with Gasteiger partial charge in [0.15, 0.2) is 0 Å². The average molecular weight is 318 g/mol. The van der Waals surface area contributed by atoms with Crippen LogP contribution in [-0.2, 0) is 0 Å². The number of piperidine rings is 1. The largest absolute Gasteiger partial charge is 0.495 e. The Morgan fingerprint density at radius 1 is 1.59 bits per heavy atom. The van der Waals surface area contributed by atoms with E-state index < -0.39 is 0 Å². The highest BCUT2D eigenvalue weighted by Crippen LogP contribution is 2.28. The van der Waals surface area contributed by atoms with E-state index >= 15 is 0 Å². The zero-order valence-electron chi connectivity index (χ0n) is 9.82. The summed E-state index contributed by atoms with van der Waals surface area (Å²) < 4.78 is 5.19. The molecule has 0 N–H and O–H groups in total. The highest BCUT2D eigenvalue weighted by molar-refractivity contribution is 9.09. The summed E-state index contributed by atoms with van der Waals surface area (Å²) in [6.45, 7) is 1.71. The molecule has 94 valence electrons. The Labute approximate surface area is 114 Å². The molecule has 0 aliphatic carbocycles. The van der Waals surface area contributed by atoms with Crippen molar-refractivity contribution in [1.82, 2.24) is 4.90 Å². The van der Waals surface area contributed by atoms with Crippen molar-refractivity contribution in [3.8, 4) is 5.75 Å². The molecule has 17 heavy (non-hydrogen) atoms. The lowest BCUT2D eigenvalue weighted by Crippen LogP contribution is -2.38. The molecule has 0 spiro atoms. The van der Waals surface area contributed by atoms with Gasteiger partial charge in [-0.3, -0.25) is 4.79 Å². The zero-order valence-corrected chi connectivity index (χ0v) is 12.2. The predicted molar refractivity (Wildman–Crippen MR) is 73.3 cm³/mol. The summed E-state index contributed by atoms with van der Waals surface area (Å²) in [7, 11) is 1.61. The monoisotopic (exact) mass is 317 g/mol. The van der Waals surface area contributed by atoms with Gasteiger partial charge >= 0.3 is 0 Å². The van der Waals surface area contributed by atoms with E-state index in [2.05, 4.69) is 15.9 Å². The molecule has 0 bridgehead atoms. The van der Waals surface area contributed by atoms with Crippen molar-refractivity contribution in [3.05, 3.63) is 16.3 Å². The van der Waals surface area contributed by atoms with Crippen LogP contribution in [0.25, 0.3) is 0 Å². The number of methoxy groups -OCH3 is 1. The minimum Gasteiger partial charge on any atom is -0.495 e. The summed E-state index contributed by atoms with van der Waals surface area (Å²) in [6.07, 6.45) is 2.18. The first-order chi connectivity index (χ1) is 8.26. The molecule has 0 unspecified atom stereocenters. The quantitative estimate of drug-likeness (QED) is 0.802. The van der Waals surface area contributed by atoms with Crippen molar-refractivity contribution >= 4 is 33.2 Å². The topological polar surface area (TPSA) is 29.5 Å². The number of hydrogen-bond donors (Lipinski definition) is 0. The van der Waals surface area contributed by atoms with Gasteiger partial charge in [0.25, 0.3) is 5.91 Å². The van der Waals surface area contributed by atoms with Gasteiger partial charge in [0.2, 0.25) is 0 Å².